The number of hydrogen-bond donors (Lipinski definition) is 1. The number of carbonyl (C=O) groups excluding carboxylic acids is 2. The van der Waals surface area contributed by atoms with E-state index in [1.165, 1.54) is 0 Å². The summed E-state index contributed by atoms with van der Waals surface area (Å²) < 4.78 is 13.0. The number of hydrogen-bond acceptors (Lipinski definition) is 5. The molecule has 4 aromatic rings. The molecule has 1 aromatic heterocycles. The standard InChI is InChI=1S/C27H24N4O4/c1-17-5-4-6-18(13-17)16-30-26(33)22(31-21-8-3-2-7-20(21)29-27(30)31)15-25(32)28-19-9-10-23-24(14-19)35-12-11-34-23/h2-10,13-14,22H,11-12,15-16H2,1H3,(H,28,32)/t22-/m0/s1. The molecule has 2 amide bonds. The second-order valence-electron chi connectivity index (χ2n) is 8.81. The van der Waals surface area contributed by atoms with Gasteiger partial charge in [0.15, 0.2) is 11.5 Å². The summed E-state index contributed by atoms with van der Waals surface area (Å²) in [4.78, 5) is 33.1. The van der Waals surface area contributed by atoms with E-state index in [0.29, 0.717) is 42.9 Å². The molecule has 35 heavy (non-hydrogen) atoms. The molecule has 8 nitrogen and oxygen atoms in total. The quantitative estimate of drug-likeness (QED) is 0.474. The zero-order valence-corrected chi connectivity index (χ0v) is 19.2. The number of aryl methyl sites for hydroxylation is 1. The van der Waals surface area contributed by atoms with Crippen molar-refractivity contribution in [1.29, 1.82) is 0 Å². The van der Waals surface area contributed by atoms with Crippen molar-refractivity contribution < 1.29 is 19.1 Å². The number of amides is 2. The van der Waals surface area contributed by atoms with Gasteiger partial charge in [0, 0.05) is 11.8 Å². The SMILES string of the molecule is Cc1cccc(CN2C(=O)[C@H](CC(=O)Nc3ccc4c(c3)OCCO4)n3c2nc2ccccc23)c1. The molecule has 8 heteroatoms. The van der Waals surface area contributed by atoms with Crippen LogP contribution in [-0.2, 0) is 16.1 Å². The molecule has 3 aromatic carbocycles. The van der Waals surface area contributed by atoms with Crippen molar-refractivity contribution in [3.05, 3.63) is 77.9 Å². The van der Waals surface area contributed by atoms with E-state index in [4.69, 9.17) is 14.5 Å². The molecule has 0 radical (unpaired) electrons. The summed E-state index contributed by atoms with van der Waals surface area (Å²) in [5.41, 5.74) is 4.36. The molecule has 0 bridgehead atoms. The molecule has 0 unspecified atom stereocenters. The van der Waals surface area contributed by atoms with Gasteiger partial charge in [-0.2, -0.15) is 0 Å². The number of benzene rings is 3. The molecule has 2 aliphatic rings. The van der Waals surface area contributed by atoms with Gasteiger partial charge in [-0.25, -0.2) is 4.98 Å². The van der Waals surface area contributed by atoms with Crippen LogP contribution in [-0.4, -0.2) is 34.6 Å². The van der Waals surface area contributed by atoms with Gasteiger partial charge in [0.2, 0.25) is 11.9 Å². The lowest BCUT2D eigenvalue weighted by molar-refractivity contribution is -0.124. The Bertz CT molecular complexity index is 1460. The van der Waals surface area contributed by atoms with E-state index < -0.39 is 6.04 Å². The Labute approximate surface area is 202 Å². The van der Waals surface area contributed by atoms with Crippen LogP contribution in [0.15, 0.2) is 66.7 Å². The van der Waals surface area contributed by atoms with Crippen LogP contribution in [0, 0.1) is 6.92 Å². The molecule has 0 saturated carbocycles. The molecule has 0 aliphatic carbocycles. The molecular weight excluding hydrogens is 444 g/mol. The van der Waals surface area contributed by atoms with Crippen LogP contribution in [0.4, 0.5) is 11.6 Å². The first-order chi connectivity index (χ1) is 17.1. The third-order valence-corrected chi connectivity index (χ3v) is 6.31. The summed E-state index contributed by atoms with van der Waals surface area (Å²) in [5, 5.41) is 2.90. The monoisotopic (exact) mass is 468 g/mol. The normalized spacial score (nSPS) is 16.4. The summed E-state index contributed by atoms with van der Waals surface area (Å²) in [7, 11) is 0. The molecule has 2 aliphatic heterocycles. The summed E-state index contributed by atoms with van der Waals surface area (Å²) in [5.74, 6) is 1.41. The second-order valence-corrected chi connectivity index (χ2v) is 8.81. The van der Waals surface area contributed by atoms with E-state index in [1.807, 2.05) is 54.0 Å². The number of nitrogens with one attached hydrogen (secondary N) is 1. The molecule has 0 fully saturated rings. The molecule has 0 saturated heterocycles. The van der Waals surface area contributed by atoms with Gasteiger partial charge in [0.05, 0.1) is 24.0 Å². The van der Waals surface area contributed by atoms with E-state index >= 15 is 0 Å². The Morgan fingerprint density at radius 3 is 2.71 bits per heavy atom. The first kappa shape index (κ1) is 21.2. The number of nitrogens with zero attached hydrogens (tertiary/aromatic N) is 3. The van der Waals surface area contributed by atoms with Crippen LogP contribution < -0.4 is 19.7 Å². The van der Waals surface area contributed by atoms with Crippen molar-refractivity contribution in [1.82, 2.24) is 9.55 Å². The lowest BCUT2D eigenvalue weighted by Crippen LogP contribution is -2.31. The summed E-state index contributed by atoms with van der Waals surface area (Å²) >= 11 is 0. The van der Waals surface area contributed by atoms with E-state index in [0.717, 1.165) is 22.2 Å². The minimum Gasteiger partial charge on any atom is -0.486 e. The highest BCUT2D eigenvalue weighted by Gasteiger charge is 2.40. The van der Waals surface area contributed by atoms with E-state index in [-0.39, 0.29) is 18.2 Å². The van der Waals surface area contributed by atoms with Gasteiger partial charge in [0.1, 0.15) is 19.3 Å². The number of anilines is 2. The second kappa shape index (κ2) is 8.47. The van der Waals surface area contributed by atoms with Crippen molar-refractivity contribution in [2.75, 3.05) is 23.4 Å². The molecule has 176 valence electrons. The summed E-state index contributed by atoms with van der Waals surface area (Å²) in [6, 6.07) is 20.3. The summed E-state index contributed by atoms with van der Waals surface area (Å²) in [6.07, 6.45) is -0.00898. The van der Waals surface area contributed by atoms with Crippen molar-refractivity contribution in [2.24, 2.45) is 0 Å². The van der Waals surface area contributed by atoms with Crippen molar-refractivity contribution in [3.8, 4) is 11.5 Å². The van der Waals surface area contributed by atoms with Gasteiger partial charge < -0.3 is 14.8 Å². The lowest BCUT2D eigenvalue weighted by Gasteiger charge is -2.19. The van der Waals surface area contributed by atoms with E-state index in [9.17, 15) is 9.59 Å². The van der Waals surface area contributed by atoms with Gasteiger partial charge in [0.25, 0.3) is 5.91 Å². The maximum atomic E-state index is 13.6. The highest BCUT2D eigenvalue weighted by Crippen LogP contribution is 2.38. The fourth-order valence-electron chi connectivity index (χ4n) is 4.75. The van der Waals surface area contributed by atoms with Gasteiger partial charge in [-0.05, 0) is 36.8 Å². The molecule has 1 atom stereocenters. The minimum absolute atomic E-state index is 0.00898. The van der Waals surface area contributed by atoms with Gasteiger partial charge in [-0.3, -0.25) is 19.1 Å². The van der Waals surface area contributed by atoms with Crippen molar-refractivity contribution in [2.45, 2.75) is 25.9 Å². The van der Waals surface area contributed by atoms with Gasteiger partial charge in [-0.1, -0.05) is 42.0 Å². The first-order valence-corrected chi connectivity index (χ1v) is 11.6. The molecule has 6 rings (SSSR count). The van der Waals surface area contributed by atoms with Gasteiger partial charge >= 0.3 is 0 Å². The number of carbonyl (C=O) groups is 2. The van der Waals surface area contributed by atoms with Crippen LogP contribution in [0.2, 0.25) is 0 Å². The molecule has 1 N–H and O–H groups in total. The number of fused-ring (bicyclic) bond motifs is 4. The minimum atomic E-state index is -0.681. The number of rotatable bonds is 5. The maximum Gasteiger partial charge on any atom is 0.253 e. The topological polar surface area (TPSA) is 85.7 Å². The smallest absolute Gasteiger partial charge is 0.253 e. The zero-order valence-electron chi connectivity index (χ0n) is 19.2. The lowest BCUT2D eigenvalue weighted by atomic mass is 10.1. The Kier molecular flexibility index (Phi) is 5.13. The fraction of sp³-hybridized carbons (Fsp3) is 0.222. The highest BCUT2D eigenvalue weighted by molar-refractivity contribution is 6.05. The maximum absolute atomic E-state index is 13.6. The summed E-state index contributed by atoms with van der Waals surface area (Å²) in [6.45, 7) is 3.39. The number of imidazole rings is 1. The Balaban J connectivity index is 1.29. The number of aromatic nitrogens is 2. The predicted octanol–water partition coefficient (Wildman–Crippen LogP) is 4.23. The van der Waals surface area contributed by atoms with Gasteiger partial charge in [-0.15, -0.1) is 0 Å². The molecular formula is C27H24N4O4. The largest absolute Gasteiger partial charge is 0.486 e. The Morgan fingerprint density at radius 1 is 1.03 bits per heavy atom. The zero-order chi connectivity index (χ0) is 23.9. The molecule has 3 heterocycles. The van der Waals surface area contributed by atoms with Crippen LogP contribution in [0.25, 0.3) is 11.0 Å². The Morgan fingerprint density at radius 2 is 1.86 bits per heavy atom. The first-order valence-electron chi connectivity index (χ1n) is 11.6. The number of ether oxygens (including phenoxy) is 2. The van der Waals surface area contributed by atoms with Crippen LogP contribution in [0.1, 0.15) is 23.6 Å². The highest BCUT2D eigenvalue weighted by atomic mass is 16.6. The third-order valence-electron chi connectivity index (χ3n) is 6.31. The average molecular weight is 469 g/mol. The van der Waals surface area contributed by atoms with Crippen LogP contribution in [0.5, 0.6) is 11.5 Å². The Hall–Kier alpha value is -4.33. The van der Waals surface area contributed by atoms with E-state index in [1.54, 1.807) is 23.1 Å². The van der Waals surface area contributed by atoms with E-state index in [2.05, 4.69) is 11.4 Å². The van der Waals surface area contributed by atoms with Crippen molar-refractivity contribution >= 4 is 34.5 Å². The van der Waals surface area contributed by atoms with Crippen LogP contribution in [0.3, 0.4) is 0 Å². The van der Waals surface area contributed by atoms with Crippen LogP contribution >= 0.6 is 0 Å². The number of para-hydroxylation sites is 2. The average Bonchev–Trinajstić information content (AvgIpc) is 3.35. The van der Waals surface area contributed by atoms with Crippen molar-refractivity contribution in [3.63, 3.8) is 0 Å². The fourth-order valence-corrected chi connectivity index (χ4v) is 4.75. The predicted molar refractivity (Wildman–Crippen MR) is 132 cm³/mol. The third kappa shape index (κ3) is 3.86. The molecule has 0 spiro atoms.